The third-order valence-electron chi connectivity index (χ3n) is 5.31. The highest BCUT2D eigenvalue weighted by molar-refractivity contribution is 7.13. The maximum Gasteiger partial charge on any atom is 0.181 e. The van der Waals surface area contributed by atoms with E-state index in [9.17, 15) is 0 Å². The third kappa shape index (κ3) is 4.32. The first kappa shape index (κ1) is 22.5. The molecule has 5 rings (SSSR count). The lowest BCUT2D eigenvalue weighted by molar-refractivity contribution is 0.768. The van der Waals surface area contributed by atoms with Crippen LogP contribution in [0.25, 0.3) is 39.1 Å². The highest BCUT2D eigenvalue weighted by Gasteiger charge is 2.17. The molecule has 0 unspecified atom stereocenters. The Bertz CT molecular complexity index is 1440. The van der Waals surface area contributed by atoms with Gasteiger partial charge in [-0.15, -0.1) is 11.3 Å². The van der Waals surface area contributed by atoms with E-state index in [1.165, 1.54) is 9.75 Å². The van der Waals surface area contributed by atoms with Crippen molar-refractivity contribution in [3.8, 4) is 22.5 Å². The molecule has 0 spiro atoms. The van der Waals surface area contributed by atoms with Crippen molar-refractivity contribution in [2.45, 2.75) is 27.7 Å². The summed E-state index contributed by atoms with van der Waals surface area (Å²) in [5.41, 5.74) is 8.01. The molecule has 168 valence electrons. The molecule has 0 radical (unpaired) electrons. The second-order valence-electron chi connectivity index (χ2n) is 7.54. The van der Waals surface area contributed by atoms with Crippen LogP contribution >= 0.6 is 11.3 Å². The number of thiophene rings is 1. The minimum Gasteiger partial charge on any atom is -0.357 e. The predicted molar refractivity (Wildman–Crippen MR) is 138 cm³/mol. The van der Waals surface area contributed by atoms with Crippen molar-refractivity contribution >= 4 is 27.9 Å². The van der Waals surface area contributed by atoms with Crippen LogP contribution in [0.15, 0.2) is 61.6 Å². The second-order valence-corrected chi connectivity index (χ2v) is 8.83. The highest BCUT2D eigenvalue weighted by atomic mass is 32.1. The number of fused-ring (bicyclic) bond motifs is 1. The number of hydrogen-bond acceptors (Lipinski definition) is 4. The molecule has 0 atom stereocenters. The van der Waals surface area contributed by atoms with Crippen LogP contribution in [0, 0.1) is 13.8 Å². The number of aromatic amines is 2. The molecule has 0 aliphatic carbocycles. The van der Waals surface area contributed by atoms with Crippen LogP contribution in [0.5, 0.6) is 0 Å². The van der Waals surface area contributed by atoms with Gasteiger partial charge in [-0.05, 0) is 38.1 Å². The molecule has 0 aliphatic heterocycles. The molecule has 5 heterocycles. The number of nitrogens with zero attached hydrogens (tertiary/aromatic N) is 4. The summed E-state index contributed by atoms with van der Waals surface area (Å²) in [6.07, 6.45) is 9.56. The zero-order valence-corrected chi connectivity index (χ0v) is 20.4. The molecule has 2 N–H and O–H groups in total. The van der Waals surface area contributed by atoms with E-state index in [0.717, 1.165) is 44.7 Å². The van der Waals surface area contributed by atoms with Crippen molar-refractivity contribution < 1.29 is 0 Å². The van der Waals surface area contributed by atoms with Gasteiger partial charge in [0.25, 0.3) is 0 Å². The van der Waals surface area contributed by atoms with E-state index in [1.54, 1.807) is 16.0 Å². The standard InChI is InChI=1S/C24H22N6S.C2H6/c1-5-6-18(22-8-7-14(2)31-22)19-10-21(27-15(19)3)23-20-9-16(11-25-24(20)29-28-23)17-12-26-30(4)13-17;1-2/h5-13,27H,1H2,2-4H3,(H,25,28,29);1-2H3/b18-6+;. The van der Waals surface area contributed by atoms with E-state index in [0.29, 0.717) is 5.65 Å². The number of allylic oxidation sites excluding steroid dienone is 2. The molecule has 5 aromatic rings. The predicted octanol–water partition coefficient (Wildman–Crippen LogP) is 6.68. The molecular weight excluding hydrogens is 428 g/mol. The summed E-state index contributed by atoms with van der Waals surface area (Å²) in [6.45, 7) is 12.1. The number of nitrogens with one attached hydrogen (secondary N) is 2. The number of aryl methyl sites for hydroxylation is 3. The lowest BCUT2D eigenvalue weighted by Crippen LogP contribution is -1.85. The Morgan fingerprint density at radius 3 is 2.61 bits per heavy atom. The van der Waals surface area contributed by atoms with Gasteiger partial charge in [0.2, 0.25) is 0 Å². The van der Waals surface area contributed by atoms with Gasteiger partial charge in [-0.25, -0.2) is 4.98 Å². The number of H-pyrrole nitrogens is 2. The molecule has 7 heteroatoms. The Labute approximate surface area is 197 Å². The van der Waals surface area contributed by atoms with Crippen LogP contribution in [0.4, 0.5) is 0 Å². The first-order valence-corrected chi connectivity index (χ1v) is 11.8. The normalized spacial score (nSPS) is 11.5. The summed E-state index contributed by atoms with van der Waals surface area (Å²) in [4.78, 5) is 10.6. The zero-order chi connectivity index (χ0) is 23.5. The molecule has 6 nitrogen and oxygen atoms in total. The van der Waals surface area contributed by atoms with Gasteiger partial charge in [0, 0.05) is 62.5 Å². The number of hydrogen-bond donors (Lipinski definition) is 2. The van der Waals surface area contributed by atoms with Crippen LogP contribution in [-0.4, -0.2) is 29.9 Å². The summed E-state index contributed by atoms with van der Waals surface area (Å²) in [6, 6.07) is 8.59. The van der Waals surface area contributed by atoms with Crippen LogP contribution in [0.3, 0.4) is 0 Å². The van der Waals surface area contributed by atoms with E-state index in [-0.39, 0.29) is 0 Å². The fraction of sp³-hybridized carbons (Fsp3) is 0.192. The second kappa shape index (κ2) is 9.42. The first-order chi connectivity index (χ1) is 16.0. The molecule has 0 saturated carbocycles. The Kier molecular flexibility index (Phi) is 6.42. The van der Waals surface area contributed by atoms with Gasteiger partial charge in [-0.2, -0.15) is 10.2 Å². The number of rotatable bonds is 5. The van der Waals surface area contributed by atoms with Crippen LogP contribution in [-0.2, 0) is 7.05 Å². The van der Waals surface area contributed by atoms with E-state index >= 15 is 0 Å². The minimum atomic E-state index is 0.687. The number of pyridine rings is 1. The largest absolute Gasteiger partial charge is 0.357 e. The van der Waals surface area contributed by atoms with Crippen LogP contribution < -0.4 is 0 Å². The lowest BCUT2D eigenvalue weighted by atomic mass is 10.0. The van der Waals surface area contributed by atoms with Crippen molar-refractivity contribution in [1.82, 2.24) is 29.9 Å². The fourth-order valence-corrected chi connectivity index (χ4v) is 4.71. The molecule has 0 saturated heterocycles. The topological polar surface area (TPSA) is 75.2 Å². The van der Waals surface area contributed by atoms with Crippen molar-refractivity contribution in [3.05, 3.63) is 82.6 Å². The van der Waals surface area contributed by atoms with Crippen molar-refractivity contribution in [1.29, 1.82) is 0 Å². The average molecular weight is 457 g/mol. The van der Waals surface area contributed by atoms with Gasteiger partial charge in [0.15, 0.2) is 5.65 Å². The fourth-order valence-electron chi connectivity index (χ4n) is 3.81. The maximum absolute atomic E-state index is 4.54. The zero-order valence-electron chi connectivity index (χ0n) is 19.6. The van der Waals surface area contributed by atoms with E-state index in [2.05, 4.69) is 76.0 Å². The van der Waals surface area contributed by atoms with Gasteiger partial charge in [-0.3, -0.25) is 9.78 Å². The summed E-state index contributed by atoms with van der Waals surface area (Å²) in [5.74, 6) is 0. The molecule has 0 fully saturated rings. The Hall–Kier alpha value is -3.71. The lowest BCUT2D eigenvalue weighted by Gasteiger charge is -2.03. The molecular formula is C26H28N6S. The van der Waals surface area contributed by atoms with Crippen LogP contribution in [0.1, 0.15) is 34.9 Å². The quantitative estimate of drug-likeness (QED) is 0.290. The third-order valence-corrected chi connectivity index (χ3v) is 6.35. The average Bonchev–Trinajstić information content (AvgIpc) is 3.60. The van der Waals surface area contributed by atoms with Crippen molar-refractivity contribution in [3.63, 3.8) is 0 Å². The Morgan fingerprint density at radius 1 is 1.12 bits per heavy atom. The summed E-state index contributed by atoms with van der Waals surface area (Å²) in [7, 11) is 1.91. The van der Waals surface area contributed by atoms with E-state index < -0.39 is 0 Å². The molecule has 0 aromatic carbocycles. The van der Waals surface area contributed by atoms with Gasteiger partial charge in [0.05, 0.1) is 17.6 Å². The Morgan fingerprint density at radius 2 is 1.94 bits per heavy atom. The molecule has 0 aliphatic rings. The van der Waals surface area contributed by atoms with Crippen molar-refractivity contribution in [2.75, 3.05) is 0 Å². The summed E-state index contributed by atoms with van der Waals surface area (Å²) in [5, 5.41) is 12.8. The van der Waals surface area contributed by atoms with Gasteiger partial charge in [0.1, 0.15) is 0 Å². The van der Waals surface area contributed by atoms with E-state index in [1.807, 2.05) is 45.6 Å². The molecule has 0 amide bonds. The highest BCUT2D eigenvalue weighted by Crippen LogP contribution is 2.35. The SMILES string of the molecule is C=C/C=C(/c1ccc(C)s1)c1cc(-c2[nH]nc3ncc(-c4cnn(C)c4)cc23)[nH]c1C.CC. The summed E-state index contributed by atoms with van der Waals surface area (Å²) >= 11 is 1.78. The van der Waals surface area contributed by atoms with Gasteiger partial charge >= 0.3 is 0 Å². The van der Waals surface area contributed by atoms with Gasteiger partial charge in [-0.1, -0.05) is 32.6 Å². The Balaban J connectivity index is 0.00000126. The van der Waals surface area contributed by atoms with Gasteiger partial charge < -0.3 is 4.98 Å². The monoisotopic (exact) mass is 456 g/mol. The molecule has 33 heavy (non-hydrogen) atoms. The maximum atomic E-state index is 4.54. The number of aromatic nitrogens is 6. The van der Waals surface area contributed by atoms with Crippen LogP contribution in [0.2, 0.25) is 0 Å². The molecule has 0 bridgehead atoms. The minimum absolute atomic E-state index is 0.687. The molecule has 5 aromatic heterocycles. The smallest absolute Gasteiger partial charge is 0.181 e. The summed E-state index contributed by atoms with van der Waals surface area (Å²) < 4.78 is 1.79. The first-order valence-electron chi connectivity index (χ1n) is 11.0. The van der Waals surface area contributed by atoms with E-state index in [4.69, 9.17) is 0 Å². The van der Waals surface area contributed by atoms with Crippen molar-refractivity contribution in [2.24, 2.45) is 7.05 Å².